The summed E-state index contributed by atoms with van der Waals surface area (Å²) in [6.07, 6.45) is 0. The third-order valence-corrected chi connectivity index (χ3v) is 12.3. The number of hydrogen-bond acceptors (Lipinski definition) is 3. The van der Waals surface area contributed by atoms with Gasteiger partial charge in [0.1, 0.15) is 0 Å². The average Bonchev–Trinajstić information content (AvgIpc) is 3.58. The van der Waals surface area contributed by atoms with E-state index in [0.717, 1.165) is 38.9 Å². The Morgan fingerprint density at radius 2 is 0.849 bits per heavy atom. The van der Waals surface area contributed by atoms with Crippen LogP contribution in [0.5, 0.6) is 0 Å². The van der Waals surface area contributed by atoms with Crippen molar-refractivity contribution in [1.29, 1.82) is 0 Å². The third kappa shape index (κ3) is 4.20. The summed E-state index contributed by atoms with van der Waals surface area (Å²) in [5.74, 6) is 0.738. The van der Waals surface area contributed by atoms with Crippen molar-refractivity contribution in [1.82, 2.24) is 9.97 Å². The number of rotatable bonds is 2. The lowest BCUT2D eigenvalue weighted by molar-refractivity contribution is 1.24. The molecule has 3 heteroatoms. The first-order valence-corrected chi connectivity index (χ1v) is 18.9. The van der Waals surface area contributed by atoms with Crippen LogP contribution in [-0.4, -0.2) is 9.97 Å². The van der Waals surface area contributed by atoms with Gasteiger partial charge in [-0.25, -0.2) is 9.97 Å². The molecule has 0 aliphatic rings. The van der Waals surface area contributed by atoms with E-state index in [0.29, 0.717) is 0 Å². The van der Waals surface area contributed by atoms with E-state index in [2.05, 4.69) is 170 Å². The van der Waals surface area contributed by atoms with E-state index in [9.17, 15) is 0 Å². The van der Waals surface area contributed by atoms with Gasteiger partial charge in [-0.15, -0.1) is 11.3 Å². The highest BCUT2D eigenvalue weighted by Crippen LogP contribution is 2.44. The SMILES string of the molecule is c1ccc2c(-c3nc(-c4ccc5c(c4)sc4cc6c7ccccc7c7ccccc7c6cc45)nc4c3ccc3ccccc34)c3ccccc3cc2c1. The largest absolute Gasteiger partial charge is 0.227 e. The summed E-state index contributed by atoms with van der Waals surface area (Å²) in [6.45, 7) is 0. The van der Waals surface area contributed by atoms with Gasteiger partial charge in [0, 0.05) is 42.1 Å². The van der Waals surface area contributed by atoms with E-state index in [1.165, 1.54) is 79.4 Å². The molecule has 244 valence electrons. The van der Waals surface area contributed by atoms with Crippen molar-refractivity contribution in [3.63, 3.8) is 0 Å². The van der Waals surface area contributed by atoms with Gasteiger partial charge >= 0.3 is 0 Å². The van der Waals surface area contributed by atoms with E-state index in [1.807, 2.05) is 11.3 Å². The van der Waals surface area contributed by atoms with Gasteiger partial charge < -0.3 is 0 Å². The first-order chi connectivity index (χ1) is 26.3. The number of nitrogens with zero attached hydrogens (tertiary/aromatic N) is 2. The Morgan fingerprint density at radius 1 is 0.321 bits per heavy atom. The van der Waals surface area contributed by atoms with Crippen molar-refractivity contribution >= 4 is 107 Å². The van der Waals surface area contributed by atoms with Crippen LogP contribution in [0.3, 0.4) is 0 Å². The highest BCUT2D eigenvalue weighted by atomic mass is 32.1. The van der Waals surface area contributed by atoms with Gasteiger partial charge in [-0.3, -0.25) is 0 Å². The molecule has 0 amide bonds. The van der Waals surface area contributed by atoms with Gasteiger partial charge in [-0.1, -0.05) is 140 Å². The Labute approximate surface area is 308 Å². The summed E-state index contributed by atoms with van der Waals surface area (Å²) in [5, 5.41) is 18.5. The van der Waals surface area contributed by atoms with E-state index in [4.69, 9.17) is 9.97 Å². The monoisotopic (exact) mass is 688 g/mol. The van der Waals surface area contributed by atoms with Crippen LogP contribution in [0.25, 0.3) is 118 Å². The lowest BCUT2D eigenvalue weighted by atomic mass is 9.92. The van der Waals surface area contributed by atoms with Crippen molar-refractivity contribution in [3.05, 3.63) is 170 Å². The predicted octanol–water partition coefficient (Wildman–Crippen LogP) is 14.3. The van der Waals surface area contributed by atoms with Crippen molar-refractivity contribution < 1.29 is 0 Å². The maximum absolute atomic E-state index is 5.52. The summed E-state index contributed by atoms with van der Waals surface area (Å²) in [5.41, 5.74) is 4.11. The fourth-order valence-electron chi connectivity index (χ4n) is 8.77. The molecule has 10 aromatic carbocycles. The highest BCUT2D eigenvalue weighted by Gasteiger charge is 2.19. The second-order valence-corrected chi connectivity index (χ2v) is 15.2. The van der Waals surface area contributed by atoms with Crippen LogP contribution >= 0.6 is 11.3 Å². The first-order valence-electron chi connectivity index (χ1n) is 18.1. The molecule has 12 rings (SSSR count). The molecular weight excluding hydrogens is 661 g/mol. The van der Waals surface area contributed by atoms with Crippen LogP contribution in [0.15, 0.2) is 170 Å². The molecule has 0 aliphatic carbocycles. The van der Waals surface area contributed by atoms with Crippen LogP contribution in [-0.2, 0) is 0 Å². The molecule has 12 aromatic rings. The molecule has 0 radical (unpaired) electrons. The minimum atomic E-state index is 0.738. The van der Waals surface area contributed by atoms with E-state index < -0.39 is 0 Å². The number of benzene rings is 10. The summed E-state index contributed by atoms with van der Waals surface area (Å²) >= 11 is 1.85. The number of aromatic nitrogens is 2. The number of fused-ring (bicyclic) bond motifs is 14. The molecule has 0 N–H and O–H groups in total. The molecule has 0 fully saturated rings. The van der Waals surface area contributed by atoms with Gasteiger partial charge in [0.05, 0.1) is 11.2 Å². The summed E-state index contributed by atoms with van der Waals surface area (Å²) < 4.78 is 2.53. The Hall–Kier alpha value is -6.68. The zero-order valence-electron chi connectivity index (χ0n) is 28.5. The Kier molecular flexibility index (Phi) is 5.96. The Bertz CT molecular complexity index is 3470. The third-order valence-electron chi connectivity index (χ3n) is 11.2. The van der Waals surface area contributed by atoms with Crippen molar-refractivity contribution in [2.24, 2.45) is 0 Å². The van der Waals surface area contributed by atoms with Gasteiger partial charge in [0.25, 0.3) is 0 Å². The van der Waals surface area contributed by atoms with Crippen molar-refractivity contribution in [2.45, 2.75) is 0 Å². The number of hydrogen-bond donors (Lipinski definition) is 0. The quantitative estimate of drug-likeness (QED) is 0.133. The molecule has 0 atom stereocenters. The summed E-state index contributed by atoms with van der Waals surface area (Å²) in [6, 6.07) is 61.9. The Morgan fingerprint density at radius 3 is 1.53 bits per heavy atom. The normalized spacial score (nSPS) is 12.2. The zero-order valence-corrected chi connectivity index (χ0v) is 29.3. The average molecular weight is 689 g/mol. The fraction of sp³-hybridized carbons (Fsp3) is 0. The lowest BCUT2D eigenvalue weighted by Gasteiger charge is -2.15. The van der Waals surface area contributed by atoms with Gasteiger partial charge in [0.15, 0.2) is 5.82 Å². The smallest absolute Gasteiger partial charge is 0.160 e. The minimum absolute atomic E-state index is 0.738. The molecule has 0 saturated carbocycles. The van der Waals surface area contributed by atoms with Gasteiger partial charge in [-0.05, 0) is 89.6 Å². The molecule has 0 saturated heterocycles. The fourth-order valence-corrected chi connectivity index (χ4v) is 9.93. The van der Waals surface area contributed by atoms with Crippen LogP contribution in [0, 0.1) is 0 Å². The van der Waals surface area contributed by atoms with E-state index >= 15 is 0 Å². The molecular formula is C50H28N2S. The van der Waals surface area contributed by atoms with Crippen molar-refractivity contribution in [3.8, 4) is 22.6 Å². The molecule has 0 spiro atoms. The maximum Gasteiger partial charge on any atom is 0.160 e. The first kappa shape index (κ1) is 29.0. The molecule has 0 unspecified atom stereocenters. The van der Waals surface area contributed by atoms with E-state index in [-0.39, 0.29) is 0 Å². The van der Waals surface area contributed by atoms with Crippen LogP contribution in [0.1, 0.15) is 0 Å². The topological polar surface area (TPSA) is 25.8 Å². The zero-order chi connectivity index (χ0) is 34.6. The van der Waals surface area contributed by atoms with Crippen LogP contribution in [0.2, 0.25) is 0 Å². The molecule has 0 aliphatic heterocycles. The maximum atomic E-state index is 5.52. The lowest BCUT2D eigenvalue weighted by Crippen LogP contribution is -1.97. The molecule has 53 heavy (non-hydrogen) atoms. The second-order valence-electron chi connectivity index (χ2n) is 14.1. The van der Waals surface area contributed by atoms with Gasteiger partial charge in [-0.2, -0.15) is 0 Å². The van der Waals surface area contributed by atoms with E-state index in [1.54, 1.807) is 0 Å². The van der Waals surface area contributed by atoms with Crippen LogP contribution in [0.4, 0.5) is 0 Å². The van der Waals surface area contributed by atoms with Crippen molar-refractivity contribution in [2.75, 3.05) is 0 Å². The summed E-state index contributed by atoms with van der Waals surface area (Å²) in [4.78, 5) is 10.9. The minimum Gasteiger partial charge on any atom is -0.227 e. The van der Waals surface area contributed by atoms with Gasteiger partial charge in [0.2, 0.25) is 0 Å². The highest BCUT2D eigenvalue weighted by molar-refractivity contribution is 7.26. The molecule has 0 bridgehead atoms. The summed E-state index contributed by atoms with van der Waals surface area (Å²) in [7, 11) is 0. The number of thiophene rings is 1. The second kappa shape index (κ2) is 10.9. The molecule has 2 heterocycles. The molecule has 2 nitrogen and oxygen atoms in total. The Balaban J connectivity index is 1.15. The predicted molar refractivity (Wildman–Crippen MR) is 228 cm³/mol. The molecule has 2 aromatic heterocycles. The standard InChI is InChI=1S/C50H28N2S/c1-6-16-35-29(11-1)21-24-41-48(35)51-50(52-49(41)47-33-14-4-2-12-30(33)25-31-13-3-5-15-34(31)47)32-22-23-40-44-27-42-38-19-9-7-17-36(38)37-18-8-10-20-39(37)43(42)28-46(44)53-45(40)26-32/h1-28H. The van der Waals surface area contributed by atoms with Crippen LogP contribution < -0.4 is 0 Å².